The largest absolute Gasteiger partial charge is 0.309 e. The van der Waals surface area contributed by atoms with E-state index in [4.69, 9.17) is 11.6 Å². The summed E-state index contributed by atoms with van der Waals surface area (Å²) in [5.41, 5.74) is 1.36. The lowest BCUT2D eigenvalue weighted by molar-refractivity contribution is 0.576. The topological polar surface area (TPSA) is 12.0 Å². The molecule has 0 bridgehead atoms. The smallest absolute Gasteiger partial charge is 0.0411 e. The predicted octanol–water partition coefficient (Wildman–Crippen LogP) is 5.06. The van der Waals surface area contributed by atoms with Crippen LogP contribution in [0.3, 0.4) is 0 Å². The van der Waals surface area contributed by atoms with E-state index in [-0.39, 0.29) is 0 Å². The Kier molecular flexibility index (Phi) is 6.55. The van der Waals surface area contributed by atoms with Gasteiger partial charge in [0.1, 0.15) is 0 Å². The van der Waals surface area contributed by atoms with Crippen molar-refractivity contribution in [2.45, 2.75) is 50.3 Å². The molecule has 0 heterocycles. The first kappa shape index (κ1) is 15.2. The monoisotopic (exact) mass is 297 g/mol. The van der Waals surface area contributed by atoms with E-state index in [1.807, 2.05) is 12.1 Å². The van der Waals surface area contributed by atoms with Crippen LogP contribution < -0.4 is 5.32 Å². The van der Waals surface area contributed by atoms with Gasteiger partial charge in [-0.25, -0.2) is 0 Å². The average Bonchev–Trinajstić information content (AvgIpc) is 2.93. The fraction of sp³-hybridized carbons (Fsp3) is 0.625. The molecule has 0 spiro atoms. The Morgan fingerprint density at radius 1 is 1.26 bits per heavy atom. The minimum atomic E-state index is 0.461. The summed E-state index contributed by atoms with van der Waals surface area (Å²) in [5.74, 6) is 1.17. The molecule has 1 aromatic carbocycles. The van der Waals surface area contributed by atoms with E-state index in [9.17, 15) is 0 Å². The van der Waals surface area contributed by atoms with Crippen molar-refractivity contribution in [3.8, 4) is 0 Å². The highest BCUT2D eigenvalue weighted by molar-refractivity contribution is 7.99. The minimum absolute atomic E-state index is 0.461. The van der Waals surface area contributed by atoms with Gasteiger partial charge in [-0.1, -0.05) is 43.5 Å². The molecule has 0 amide bonds. The van der Waals surface area contributed by atoms with Crippen LogP contribution in [0, 0.1) is 0 Å². The minimum Gasteiger partial charge on any atom is -0.309 e. The zero-order valence-electron chi connectivity index (χ0n) is 11.7. The maximum atomic E-state index is 5.98. The van der Waals surface area contributed by atoms with Crippen LogP contribution >= 0.6 is 23.4 Å². The standard InChI is InChI=1S/C16H24ClNS/c1-2-11-18-16(12-19-15-5-3-4-6-15)13-7-9-14(17)10-8-13/h7-10,15-16,18H,2-6,11-12H2,1H3. The van der Waals surface area contributed by atoms with Crippen molar-refractivity contribution in [1.29, 1.82) is 0 Å². The Hall–Kier alpha value is -0.180. The van der Waals surface area contributed by atoms with Crippen LogP contribution in [-0.2, 0) is 0 Å². The summed E-state index contributed by atoms with van der Waals surface area (Å²) < 4.78 is 0. The van der Waals surface area contributed by atoms with Crippen LogP contribution in [0.1, 0.15) is 50.6 Å². The number of benzene rings is 1. The second-order valence-corrected chi connectivity index (χ2v) is 7.07. The van der Waals surface area contributed by atoms with Crippen LogP contribution in [0.4, 0.5) is 0 Å². The summed E-state index contributed by atoms with van der Waals surface area (Å²) >= 11 is 8.12. The molecule has 2 rings (SSSR count). The van der Waals surface area contributed by atoms with Crippen LogP contribution in [0.25, 0.3) is 0 Å². The van der Waals surface area contributed by atoms with E-state index >= 15 is 0 Å². The molecule has 19 heavy (non-hydrogen) atoms. The molecule has 1 unspecified atom stereocenters. The highest BCUT2D eigenvalue weighted by atomic mass is 35.5. The van der Waals surface area contributed by atoms with E-state index in [2.05, 4.69) is 36.1 Å². The molecule has 1 nitrogen and oxygen atoms in total. The number of halogens is 1. The van der Waals surface area contributed by atoms with E-state index < -0.39 is 0 Å². The SMILES string of the molecule is CCCNC(CSC1CCCC1)c1ccc(Cl)cc1. The molecule has 1 aliphatic rings. The third-order valence-electron chi connectivity index (χ3n) is 3.71. The van der Waals surface area contributed by atoms with Crippen LogP contribution in [0.2, 0.25) is 5.02 Å². The molecule has 0 aliphatic heterocycles. The molecule has 1 aliphatic carbocycles. The molecule has 1 atom stereocenters. The summed E-state index contributed by atoms with van der Waals surface area (Å²) in [6.45, 7) is 3.30. The number of hydrogen-bond donors (Lipinski definition) is 1. The van der Waals surface area contributed by atoms with E-state index in [1.165, 1.54) is 43.4 Å². The van der Waals surface area contributed by atoms with Crippen molar-refractivity contribution < 1.29 is 0 Å². The molecule has 1 aromatic rings. The number of rotatable bonds is 7. The second kappa shape index (κ2) is 8.18. The Morgan fingerprint density at radius 2 is 1.95 bits per heavy atom. The molecular formula is C16H24ClNS. The first-order valence-corrected chi connectivity index (χ1v) is 8.82. The first-order valence-electron chi connectivity index (χ1n) is 7.40. The molecule has 106 valence electrons. The fourth-order valence-corrected chi connectivity index (χ4v) is 4.14. The van der Waals surface area contributed by atoms with Crippen molar-refractivity contribution in [3.05, 3.63) is 34.9 Å². The summed E-state index contributed by atoms with van der Waals surface area (Å²) in [7, 11) is 0. The molecule has 1 N–H and O–H groups in total. The van der Waals surface area contributed by atoms with Gasteiger partial charge in [0.05, 0.1) is 0 Å². The zero-order valence-corrected chi connectivity index (χ0v) is 13.3. The molecular weight excluding hydrogens is 274 g/mol. The summed E-state index contributed by atoms with van der Waals surface area (Å²) in [5, 5.41) is 5.37. The van der Waals surface area contributed by atoms with Gasteiger partial charge in [0.2, 0.25) is 0 Å². The fourth-order valence-electron chi connectivity index (χ4n) is 2.57. The Labute approximate surface area is 126 Å². The first-order chi connectivity index (χ1) is 9.29. The predicted molar refractivity (Wildman–Crippen MR) is 87.2 cm³/mol. The lowest BCUT2D eigenvalue weighted by atomic mass is 10.1. The third kappa shape index (κ3) is 5.02. The van der Waals surface area contributed by atoms with Gasteiger partial charge in [-0.05, 0) is 43.5 Å². The zero-order chi connectivity index (χ0) is 13.5. The van der Waals surface area contributed by atoms with Gasteiger partial charge in [-0.3, -0.25) is 0 Å². The highest BCUT2D eigenvalue weighted by Crippen LogP contribution is 2.32. The molecule has 1 saturated carbocycles. The quantitative estimate of drug-likeness (QED) is 0.755. The van der Waals surface area contributed by atoms with Crippen molar-refractivity contribution in [1.82, 2.24) is 5.32 Å². The van der Waals surface area contributed by atoms with Crippen molar-refractivity contribution in [2.24, 2.45) is 0 Å². The number of hydrogen-bond acceptors (Lipinski definition) is 2. The summed E-state index contributed by atoms with van der Waals surface area (Å²) in [6, 6.07) is 8.77. The lowest BCUT2D eigenvalue weighted by Gasteiger charge is -2.20. The summed E-state index contributed by atoms with van der Waals surface area (Å²) in [6.07, 6.45) is 6.84. The summed E-state index contributed by atoms with van der Waals surface area (Å²) in [4.78, 5) is 0. The maximum absolute atomic E-state index is 5.98. The third-order valence-corrected chi connectivity index (χ3v) is 5.43. The average molecular weight is 298 g/mol. The van der Waals surface area contributed by atoms with Gasteiger partial charge in [-0.2, -0.15) is 11.8 Å². The molecule has 0 saturated heterocycles. The van der Waals surface area contributed by atoms with E-state index in [0.717, 1.165) is 16.8 Å². The van der Waals surface area contributed by atoms with Crippen LogP contribution in [-0.4, -0.2) is 17.5 Å². The van der Waals surface area contributed by atoms with Crippen LogP contribution in [0.5, 0.6) is 0 Å². The van der Waals surface area contributed by atoms with Crippen molar-refractivity contribution in [3.63, 3.8) is 0 Å². The van der Waals surface area contributed by atoms with E-state index in [1.54, 1.807) is 0 Å². The Balaban J connectivity index is 1.91. The normalized spacial score (nSPS) is 17.8. The van der Waals surface area contributed by atoms with Crippen molar-refractivity contribution >= 4 is 23.4 Å². The number of nitrogens with one attached hydrogen (secondary N) is 1. The van der Waals surface area contributed by atoms with Gasteiger partial charge in [0, 0.05) is 22.1 Å². The van der Waals surface area contributed by atoms with Gasteiger partial charge in [0.15, 0.2) is 0 Å². The molecule has 0 radical (unpaired) electrons. The lowest BCUT2D eigenvalue weighted by Crippen LogP contribution is -2.24. The van der Waals surface area contributed by atoms with Crippen LogP contribution in [0.15, 0.2) is 24.3 Å². The molecule has 1 fully saturated rings. The van der Waals surface area contributed by atoms with Gasteiger partial charge in [0.25, 0.3) is 0 Å². The van der Waals surface area contributed by atoms with E-state index in [0.29, 0.717) is 6.04 Å². The maximum Gasteiger partial charge on any atom is 0.0411 e. The van der Waals surface area contributed by atoms with Crippen molar-refractivity contribution in [2.75, 3.05) is 12.3 Å². The molecule has 0 aromatic heterocycles. The van der Waals surface area contributed by atoms with Gasteiger partial charge in [-0.15, -0.1) is 0 Å². The van der Waals surface area contributed by atoms with Gasteiger partial charge < -0.3 is 5.32 Å². The van der Waals surface area contributed by atoms with Gasteiger partial charge >= 0.3 is 0 Å². The Bertz CT molecular complexity index is 360. The highest BCUT2D eigenvalue weighted by Gasteiger charge is 2.18. The Morgan fingerprint density at radius 3 is 2.58 bits per heavy atom. The number of thioether (sulfide) groups is 1. The molecule has 3 heteroatoms. The second-order valence-electron chi connectivity index (χ2n) is 5.30.